The third kappa shape index (κ3) is 5.97. The fourth-order valence-corrected chi connectivity index (χ4v) is 3.91. The van der Waals surface area contributed by atoms with Gasteiger partial charge in [0.15, 0.2) is 0 Å². The normalized spacial score (nSPS) is 11.0. The molecule has 3 rings (SSSR count). The minimum Gasteiger partial charge on any atom is -0.347 e. The highest BCUT2D eigenvalue weighted by atomic mass is 32.2. The maximum absolute atomic E-state index is 13.1. The maximum atomic E-state index is 13.1. The van der Waals surface area contributed by atoms with Crippen molar-refractivity contribution in [3.8, 4) is 0 Å². The summed E-state index contributed by atoms with van der Waals surface area (Å²) >= 11 is 1.62. The van der Waals surface area contributed by atoms with E-state index in [4.69, 9.17) is 0 Å². The van der Waals surface area contributed by atoms with Crippen LogP contribution >= 0.6 is 11.8 Å². The number of carbonyl (C=O) groups is 2. The summed E-state index contributed by atoms with van der Waals surface area (Å²) in [7, 11) is 0. The van der Waals surface area contributed by atoms with Crippen LogP contribution < -0.4 is 10.6 Å². The molecule has 0 saturated heterocycles. The van der Waals surface area contributed by atoms with Gasteiger partial charge in [-0.25, -0.2) is 0 Å². The van der Waals surface area contributed by atoms with Gasteiger partial charge in [0, 0.05) is 16.2 Å². The lowest BCUT2D eigenvalue weighted by atomic mass is 10.1. The summed E-state index contributed by atoms with van der Waals surface area (Å²) in [6, 6.07) is 24.7. The van der Waals surface area contributed by atoms with Gasteiger partial charge in [-0.15, -0.1) is 11.8 Å². The minimum atomic E-state index is -0.366. The van der Waals surface area contributed by atoms with Gasteiger partial charge >= 0.3 is 0 Å². The number of benzene rings is 3. The van der Waals surface area contributed by atoms with Gasteiger partial charge in [-0.3, -0.25) is 9.59 Å². The Labute approximate surface area is 182 Å². The zero-order chi connectivity index (χ0) is 21.6. The number of rotatable bonds is 6. The molecule has 0 radical (unpaired) electrons. The number of amides is 2. The molecule has 4 nitrogen and oxygen atoms in total. The number of carbonyl (C=O) groups excluding carboxylic acids is 2. The molecular weight excluding hydrogens is 392 g/mol. The topological polar surface area (TPSA) is 58.2 Å². The van der Waals surface area contributed by atoms with Crippen LogP contribution in [0.1, 0.15) is 47.1 Å². The van der Waals surface area contributed by atoms with E-state index in [9.17, 15) is 9.59 Å². The molecule has 2 N–H and O–H groups in total. The Kier molecular flexibility index (Phi) is 6.95. The number of hydrogen-bond acceptors (Lipinski definition) is 3. The Morgan fingerprint density at radius 2 is 1.37 bits per heavy atom. The van der Waals surface area contributed by atoms with E-state index in [0.717, 1.165) is 10.6 Å². The lowest BCUT2D eigenvalue weighted by molar-refractivity contribution is 0.0920. The van der Waals surface area contributed by atoms with Crippen LogP contribution in [0.25, 0.3) is 0 Å². The van der Waals surface area contributed by atoms with Crippen LogP contribution in [-0.4, -0.2) is 17.4 Å². The Hall–Kier alpha value is -3.05. The first-order valence-electron chi connectivity index (χ1n) is 9.82. The minimum absolute atomic E-state index is 0.217. The van der Waals surface area contributed by atoms with Crippen LogP contribution in [0, 0.1) is 0 Å². The summed E-state index contributed by atoms with van der Waals surface area (Å²) in [5, 5.41) is 5.86. The molecule has 3 aromatic rings. The second-order valence-electron chi connectivity index (χ2n) is 7.97. The Morgan fingerprint density at radius 1 is 0.767 bits per heavy atom. The first kappa shape index (κ1) is 21.7. The summed E-state index contributed by atoms with van der Waals surface area (Å²) in [5.41, 5.74) is 2.35. The number of anilines is 1. The molecule has 0 spiro atoms. The van der Waals surface area contributed by atoms with E-state index in [0.29, 0.717) is 16.8 Å². The highest BCUT2D eigenvalue weighted by Crippen LogP contribution is 2.27. The monoisotopic (exact) mass is 418 g/mol. The SMILES string of the molecule is CC(C)(C)NC(=O)c1ccccc1NC(=O)c1ccccc1SCc1ccccc1. The summed E-state index contributed by atoms with van der Waals surface area (Å²) in [6.45, 7) is 5.77. The van der Waals surface area contributed by atoms with Crippen LogP contribution in [0.3, 0.4) is 0 Å². The molecule has 0 aliphatic rings. The van der Waals surface area contributed by atoms with Crippen molar-refractivity contribution in [2.45, 2.75) is 37.0 Å². The van der Waals surface area contributed by atoms with Crippen molar-refractivity contribution in [1.29, 1.82) is 0 Å². The lowest BCUT2D eigenvalue weighted by Gasteiger charge is -2.21. The average molecular weight is 419 g/mol. The molecule has 2 amide bonds. The molecule has 0 aliphatic heterocycles. The quantitative estimate of drug-likeness (QED) is 0.501. The number of hydrogen-bond donors (Lipinski definition) is 2. The standard InChI is InChI=1S/C25H26N2O2S/c1-25(2,3)27-24(29)19-13-7-9-15-21(19)26-23(28)20-14-8-10-16-22(20)30-17-18-11-5-4-6-12-18/h4-16H,17H2,1-3H3,(H,26,28)(H,27,29). The predicted molar refractivity (Wildman–Crippen MR) is 124 cm³/mol. The zero-order valence-corrected chi connectivity index (χ0v) is 18.3. The molecule has 0 atom stereocenters. The van der Waals surface area contributed by atoms with E-state index in [1.807, 2.05) is 57.2 Å². The van der Waals surface area contributed by atoms with E-state index in [1.54, 1.807) is 42.1 Å². The molecule has 154 valence electrons. The van der Waals surface area contributed by atoms with Crippen molar-refractivity contribution in [2.75, 3.05) is 5.32 Å². The number of para-hydroxylation sites is 1. The summed E-state index contributed by atoms with van der Waals surface area (Å²) in [5.74, 6) is 0.322. The Bertz CT molecular complexity index is 1030. The Morgan fingerprint density at radius 3 is 2.07 bits per heavy atom. The molecule has 30 heavy (non-hydrogen) atoms. The van der Waals surface area contributed by atoms with E-state index in [-0.39, 0.29) is 17.4 Å². The van der Waals surface area contributed by atoms with Crippen LogP contribution in [0.15, 0.2) is 83.8 Å². The van der Waals surface area contributed by atoms with Crippen LogP contribution in [0.4, 0.5) is 5.69 Å². The highest BCUT2D eigenvalue weighted by Gasteiger charge is 2.19. The van der Waals surface area contributed by atoms with E-state index in [2.05, 4.69) is 22.8 Å². The number of nitrogens with one attached hydrogen (secondary N) is 2. The second-order valence-corrected chi connectivity index (χ2v) is 8.99. The maximum Gasteiger partial charge on any atom is 0.256 e. The van der Waals surface area contributed by atoms with Gasteiger partial charge in [0.1, 0.15) is 0 Å². The van der Waals surface area contributed by atoms with Gasteiger partial charge in [0.05, 0.1) is 16.8 Å². The van der Waals surface area contributed by atoms with E-state index >= 15 is 0 Å². The molecule has 0 unspecified atom stereocenters. The van der Waals surface area contributed by atoms with Gasteiger partial charge in [0.25, 0.3) is 11.8 Å². The van der Waals surface area contributed by atoms with Crippen molar-refractivity contribution in [1.82, 2.24) is 5.32 Å². The molecule has 0 fully saturated rings. The van der Waals surface area contributed by atoms with Gasteiger partial charge < -0.3 is 10.6 Å². The fraction of sp³-hybridized carbons (Fsp3) is 0.200. The fourth-order valence-electron chi connectivity index (χ4n) is 2.90. The molecule has 0 aliphatic carbocycles. The molecule has 0 saturated carbocycles. The Balaban J connectivity index is 1.78. The first-order valence-corrected chi connectivity index (χ1v) is 10.8. The summed E-state index contributed by atoms with van der Waals surface area (Å²) in [6.07, 6.45) is 0. The van der Waals surface area contributed by atoms with Gasteiger partial charge in [-0.2, -0.15) is 0 Å². The molecule has 3 aromatic carbocycles. The van der Waals surface area contributed by atoms with Crippen LogP contribution in [0.2, 0.25) is 0 Å². The molecule has 0 heterocycles. The molecule has 0 bridgehead atoms. The van der Waals surface area contributed by atoms with E-state index in [1.165, 1.54) is 5.56 Å². The van der Waals surface area contributed by atoms with Gasteiger partial charge in [-0.1, -0.05) is 54.6 Å². The first-order chi connectivity index (χ1) is 14.3. The highest BCUT2D eigenvalue weighted by molar-refractivity contribution is 7.98. The largest absolute Gasteiger partial charge is 0.347 e. The molecular formula is C25H26N2O2S. The predicted octanol–water partition coefficient (Wildman–Crippen LogP) is 5.76. The van der Waals surface area contributed by atoms with Gasteiger partial charge in [0.2, 0.25) is 0 Å². The molecule has 5 heteroatoms. The summed E-state index contributed by atoms with van der Waals surface area (Å²) in [4.78, 5) is 26.6. The van der Waals surface area contributed by atoms with Crippen molar-refractivity contribution in [2.24, 2.45) is 0 Å². The average Bonchev–Trinajstić information content (AvgIpc) is 2.72. The van der Waals surface area contributed by atoms with Crippen molar-refractivity contribution in [3.63, 3.8) is 0 Å². The van der Waals surface area contributed by atoms with Crippen molar-refractivity contribution in [3.05, 3.63) is 95.6 Å². The number of thioether (sulfide) groups is 1. The smallest absolute Gasteiger partial charge is 0.256 e. The molecule has 0 aromatic heterocycles. The van der Waals surface area contributed by atoms with Crippen LogP contribution in [0.5, 0.6) is 0 Å². The third-order valence-corrected chi connectivity index (χ3v) is 5.42. The van der Waals surface area contributed by atoms with E-state index < -0.39 is 0 Å². The van der Waals surface area contributed by atoms with Gasteiger partial charge in [-0.05, 0) is 50.6 Å². The second kappa shape index (κ2) is 9.63. The van der Waals surface area contributed by atoms with Crippen molar-refractivity contribution >= 4 is 29.3 Å². The van der Waals surface area contributed by atoms with Crippen LogP contribution in [-0.2, 0) is 5.75 Å². The summed E-state index contributed by atoms with van der Waals surface area (Å²) < 4.78 is 0. The zero-order valence-electron chi connectivity index (χ0n) is 17.4. The van der Waals surface area contributed by atoms with Crippen molar-refractivity contribution < 1.29 is 9.59 Å². The third-order valence-electron chi connectivity index (χ3n) is 4.28. The lowest BCUT2D eigenvalue weighted by Crippen LogP contribution is -2.40.